The second kappa shape index (κ2) is 6.29. The Kier molecular flexibility index (Phi) is 4.20. The number of nitrogens with zero attached hydrogens (tertiary/aromatic N) is 4. The van der Waals surface area contributed by atoms with E-state index in [4.69, 9.17) is 4.74 Å². The third-order valence-corrected chi connectivity index (χ3v) is 4.28. The molecule has 0 radical (unpaired) electrons. The van der Waals surface area contributed by atoms with Gasteiger partial charge in [-0.2, -0.15) is 0 Å². The molecule has 0 atom stereocenters. The topological polar surface area (TPSA) is 97.3 Å². The van der Waals surface area contributed by atoms with Crippen LogP contribution in [-0.4, -0.2) is 40.1 Å². The van der Waals surface area contributed by atoms with Crippen molar-refractivity contribution in [2.45, 2.75) is 19.8 Å². The molecule has 8 nitrogen and oxygen atoms in total. The minimum atomic E-state index is -0.358. The number of amides is 2. The van der Waals surface area contributed by atoms with E-state index in [9.17, 15) is 9.59 Å². The third kappa shape index (κ3) is 3.29. The summed E-state index contributed by atoms with van der Waals surface area (Å²) in [6, 6.07) is 3.42. The Morgan fingerprint density at radius 1 is 1.48 bits per heavy atom. The Balaban J connectivity index is 1.71. The van der Waals surface area contributed by atoms with Gasteiger partial charge in [-0.05, 0) is 12.1 Å². The maximum atomic E-state index is 12.2. The molecule has 120 valence electrons. The van der Waals surface area contributed by atoms with Gasteiger partial charge in [-0.25, -0.2) is 4.98 Å². The molecule has 0 spiro atoms. The SMILES string of the molecule is CC(C)c1nnc(NC(=O)CN2C(=O)COc3cccnc32)s1. The van der Waals surface area contributed by atoms with E-state index in [-0.39, 0.29) is 30.9 Å². The van der Waals surface area contributed by atoms with Crippen molar-refractivity contribution in [2.24, 2.45) is 0 Å². The Labute approximate surface area is 136 Å². The first-order valence-electron chi connectivity index (χ1n) is 7.06. The van der Waals surface area contributed by atoms with Gasteiger partial charge in [0.25, 0.3) is 5.91 Å². The first-order valence-corrected chi connectivity index (χ1v) is 7.87. The summed E-state index contributed by atoms with van der Waals surface area (Å²) in [6.07, 6.45) is 1.55. The lowest BCUT2D eigenvalue weighted by Gasteiger charge is -2.27. The summed E-state index contributed by atoms with van der Waals surface area (Å²) in [4.78, 5) is 29.6. The van der Waals surface area contributed by atoms with Gasteiger partial charge in [0.2, 0.25) is 11.0 Å². The van der Waals surface area contributed by atoms with Crippen LogP contribution in [0.4, 0.5) is 10.9 Å². The first kappa shape index (κ1) is 15.3. The number of pyridine rings is 1. The van der Waals surface area contributed by atoms with E-state index in [0.717, 1.165) is 5.01 Å². The van der Waals surface area contributed by atoms with E-state index >= 15 is 0 Å². The Hall–Kier alpha value is -2.55. The van der Waals surface area contributed by atoms with E-state index < -0.39 is 0 Å². The number of hydrogen-bond donors (Lipinski definition) is 1. The number of rotatable bonds is 4. The highest BCUT2D eigenvalue weighted by Gasteiger charge is 2.28. The zero-order valence-electron chi connectivity index (χ0n) is 12.6. The van der Waals surface area contributed by atoms with Gasteiger partial charge in [0.1, 0.15) is 11.6 Å². The molecule has 23 heavy (non-hydrogen) atoms. The monoisotopic (exact) mass is 333 g/mol. The van der Waals surface area contributed by atoms with Gasteiger partial charge in [0, 0.05) is 12.1 Å². The van der Waals surface area contributed by atoms with Crippen LogP contribution in [0.25, 0.3) is 0 Å². The Morgan fingerprint density at radius 3 is 3.04 bits per heavy atom. The van der Waals surface area contributed by atoms with Crippen LogP contribution in [0, 0.1) is 0 Å². The molecule has 0 aromatic carbocycles. The van der Waals surface area contributed by atoms with Gasteiger partial charge >= 0.3 is 0 Å². The van der Waals surface area contributed by atoms with Crippen LogP contribution in [0.5, 0.6) is 5.75 Å². The molecular weight excluding hydrogens is 318 g/mol. The van der Waals surface area contributed by atoms with Gasteiger partial charge in [0.15, 0.2) is 18.2 Å². The molecule has 2 amide bonds. The van der Waals surface area contributed by atoms with Crippen molar-refractivity contribution < 1.29 is 14.3 Å². The van der Waals surface area contributed by atoms with Crippen LogP contribution >= 0.6 is 11.3 Å². The second-order valence-corrected chi connectivity index (χ2v) is 6.25. The van der Waals surface area contributed by atoms with Gasteiger partial charge < -0.3 is 4.74 Å². The lowest BCUT2D eigenvalue weighted by molar-refractivity contribution is -0.123. The van der Waals surface area contributed by atoms with Crippen molar-refractivity contribution in [1.82, 2.24) is 15.2 Å². The molecule has 1 N–H and O–H groups in total. The third-order valence-electron chi connectivity index (χ3n) is 3.14. The van der Waals surface area contributed by atoms with Crippen LogP contribution in [0.1, 0.15) is 24.8 Å². The number of hydrogen-bond acceptors (Lipinski definition) is 7. The number of carbonyl (C=O) groups is 2. The maximum Gasteiger partial charge on any atom is 0.266 e. The van der Waals surface area contributed by atoms with E-state index in [1.165, 1.54) is 16.2 Å². The smallest absolute Gasteiger partial charge is 0.266 e. The van der Waals surface area contributed by atoms with Crippen molar-refractivity contribution in [2.75, 3.05) is 23.4 Å². The van der Waals surface area contributed by atoms with Gasteiger partial charge in [-0.1, -0.05) is 25.2 Å². The lowest BCUT2D eigenvalue weighted by atomic mass is 10.2. The average molecular weight is 333 g/mol. The van der Waals surface area contributed by atoms with Crippen LogP contribution in [-0.2, 0) is 9.59 Å². The van der Waals surface area contributed by atoms with Crippen molar-refractivity contribution >= 4 is 34.1 Å². The molecule has 1 aliphatic heterocycles. The molecule has 0 bridgehead atoms. The van der Waals surface area contributed by atoms with Crippen LogP contribution in [0.3, 0.4) is 0 Å². The average Bonchev–Trinajstić information content (AvgIpc) is 2.99. The second-order valence-electron chi connectivity index (χ2n) is 5.24. The van der Waals surface area contributed by atoms with E-state index in [1.54, 1.807) is 18.3 Å². The molecule has 0 saturated heterocycles. The summed E-state index contributed by atoms with van der Waals surface area (Å²) in [7, 11) is 0. The standard InChI is InChI=1S/C14H15N5O3S/c1-8(2)13-17-18-14(23-13)16-10(20)6-19-11(21)7-22-9-4-3-5-15-12(9)19/h3-5,8H,6-7H2,1-2H3,(H,16,18,20). The molecule has 0 saturated carbocycles. The Morgan fingerprint density at radius 2 is 2.30 bits per heavy atom. The Bertz CT molecular complexity index is 746. The number of nitrogens with one attached hydrogen (secondary N) is 1. The van der Waals surface area contributed by atoms with Crippen molar-refractivity contribution in [3.8, 4) is 5.75 Å². The molecule has 9 heteroatoms. The molecule has 3 heterocycles. The van der Waals surface area contributed by atoms with E-state index in [0.29, 0.717) is 16.7 Å². The fourth-order valence-corrected chi connectivity index (χ4v) is 2.78. The van der Waals surface area contributed by atoms with Gasteiger partial charge in [0.05, 0.1) is 0 Å². The van der Waals surface area contributed by atoms with Crippen molar-refractivity contribution in [3.05, 3.63) is 23.3 Å². The van der Waals surface area contributed by atoms with Crippen molar-refractivity contribution in [1.29, 1.82) is 0 Å². The van der Waals surface area contributed by atoms with E-state index in [2.05, 4.69) is 20.5 Å². The first-order chi connectivity index (χ1) is 11.0. The van der Waals surface area contributed by atoms with Crippen LogP contribution in [0.2, 0.25) is 0 Å². The van der Waals surface area contributed by atoms with Crippen LogP contribution in [0.15, 0.2) is 18.3 Å². The van der Waals surface area contributed by atoms with Gasteiger partial charge in [-0.3, -0.25) is 19.8 Å². The number of aromatic nitrogens is 3. The van der Waals surface area contributed by atoms with E-state index in [1.807, 2.05) is 13.8 Å². The number of carbonyl (C=O) groups excluding carboxylic acids is 2. The summed E-state index contributed by atoms with van der Waals surface area (Å²) in [6.45, 7) is 3.74. The minimum Gasteiger partial charge on any atom is -0.480 e. The molecule has 0 aliphatic carbocycles. The summed E-state index contributed by atoms with van der Waals surface area (Å²) in [5, 5.41) is 11.9. The molecule has 0 unspecified atom stereocenters. The number of fused-ring (bicyclic) bond motifs is 1. The minimum absolute atomic E-state index is 0.109. The molecule has 3 rings (SSSR count). The number of anilines is 2. The molecule has 0 fully saturated rings. The normalized spacial score (nSPS) is 13.7. The summed E-state index contributed by atoms with van der Waals surface area (Å²) in [5.41, 5.74) is 0. The zero-order chi connectivity index (χ0) is 16.4. The predicted octanol–water partition coefficient (Wildman–Crippen LogP) is 1.42. The summed E-state index contributed by atoms with van der Waals surface area (Å²) < 4.78 is 5.29. The fraction of sp³-hybridized carbons (Fsp3) is 0.357. The largest absolute Gasteiger partial charge is 0.480 e. The quantitative estimate of drug-likeness (QED) is 0.909. The molecule has 2 aromatic rings. The predicted molar refractivity (Wildman–Crippen MR) is 84.7 cm³/mol. The molecule has 1 aliphatic rings. The highest BCUT2D eigenvalue weighted by atomic mass is 32.1. The molecule has 2 aromatic heterocycles. The fourth-order valence-electron chi connectivity index (χ4n) is 2.02. The summed E-state index contributed by atoms with van der Waals surface area (Å²) in [5.74, 6) is 0.404. The summed E-state index contributed by atoms with van der Waals surface area (Å²) >= 11 is 1.32. The highest BCUT2D eigenvalue weighted by Crippen LogP contribution is 2.29. The zero-order valence-corrected chi connectivity index (χ0v) is 13.5. The molecular formula is C14H15N5O3S. The highest BCUT2D eigenvalue weighted by molar-refractivity contribution is 7.15. The number of ether oxygens (including phenoxy) is 1. The van der Waals surface area contributed by atoms with Gasteiger partial charge in [-0.15, -0.1) is 10.2 Å². The van der Waals surface area contributed by atoms with Crippen LogP contribution < -0.4 is 15.0 Å². The van der Waals surface area contributed by atoms with Crippen molar-refractivity contribution in [3.63, 3.8) is 0 Å². The maximum absolute atomic E-state index is 12.2. The lowest BCUT2D eigenvalue weighted by Crippen LogP contribution is -2.43.